The lowest BCUT2D eigenvalue weighted by atomic mass is 9.86. The molecule has 1 fully saturated rings. The monoisotopic (exact) mass is 608 g/mol. The van der Waals surface area contributed by atoms with Gasteiger partial charge in [-0.1, -0.05) is 41.9 Å². The van der Waals surface area contributed by atoms with Gasteiger partial charge in [0.15, 0.2) is 11.5 Å². The summed E-state index contributed by atoms with van der Waals surface area (Å²) in [5.74, 6) is -1.88. The molecule has 42 heavy (non-hydrogen) atoms. The van der Waals surface area contributed by atoms with E-state index >= 15 is 0 Å². The first kappa shape index (κ1) is 29.6. The molecule has 1 aliphatic heterocycles. The number of carbonyl (C=O) groups is 1. The van der Waals surface area contributed by atoms with E-state index in [-0.39, 0.29) is 24.0 Å². The van der Waals surface area contributed by atoms with Gasteiger partial charge in [0.2, 0.25) is 0 Å². The summed E-state index contributed by atoms with van der Waals surface area (Å²) in [6.07, 6.45) is -9.40. The molecule has 1 aliphatic rings. The minimum Gasteiger partial charge on any atom is -0.478 e. The average molecular weight is 609 g/mol. The average Bonchev–Trinajstić information content (AvgIpc) is 3.35. The predicted molar refractivity (Wildman–Crippen MR) is 144 cm³/mol. The van der Waals surface area contributed by atoms with Gasteiger partial charge >= 0.3 is 18.3 Å². The molecule has 0 radical (unpaired) electrons. The van der Waals surface area contributed by atoms with Crippen LogP contribution in [0.15, 0.2) is 60.8 Å². The van der Waals surface area contributed by atoms with Crippen LogP contribution in [0.4, 0.5) is 26.3 Å². The van der Waals surface area contributed by atoms with Crippen molar-refractivity contribution in [1.29, 1.82) is 0 Å². The molecule has 0 aliphatic carbocycles. The van der Waals surface area contributed by atoms with Crippen LogP contribution in [0.2, 0.25) is 5.02 Å². The smallest absolute Gasteiger partial charge is 0.434 e. The third-order valence-corrected chi connectivity index (χ3v) is 7.40. The maximum Gasteiger partial charge on any atom is 0.434 e. The quantitative estimate of drug-likeness (QED) is 0.219. The van der Waals surface area contributed by atoms with E-state index in [1.807, 2.05) is 25.1 Å². The van der Waals surface area contributed by atoms with E-state index in [9.17, 15) is 36.2 Å². The van der Waals surface area contributed by atoms with E-state index in [1.165, 1.54) is 12.1 Å². The Morgan fingerprint density at radius 2 is 1.76 bits per heavy atom. The van der Waals surface area contributed by atoms with E-state index in [0.717, 1.165) is 16.7 Å². The summed E-state index contributed by atoms with van der Waals surface area (Å²) < 4.78 is 79.5. The van der Waals surface area contributed by atoms with Crippen molar-refractivity contribution in [3.8, 4) is 28.2 Å². The molecule has 220 valence electrons. The van der Waals surface area contributed by atoms with Crippen LogP contribution in [-0.2, 0) is 6.18 Å². The van der Waals surface area contributed by atoms with Crippen molar-refractivity contribution in [2.24, 2.45) is 0 Å². The van der Waals surface area contributed by atoms with Gasteiger partial charge in [-0.2, -0.15) is 31.4 Å². The standard InChI is InChI=1S/C29H23ClF6N4O2/c1-16-11-17(5-7-20(16)18-14-39(15-18)10-9-28(31,32)33)21-8-6-19(30)12-22(21)24-3-2-4-25(38-24)40-26(29(34,35)36)23(13-37-40)27(41)42/h2-8,11-13,18H,9-10,14-15H2,1H3,(H,41,42). The summed E-state index contributed by atoms with van der Waals surface area (Å²) >= 11 is 6.29. The number of rotatable bonds is 7. The highest BCUT2D eigenvalue weighted by Gasteiger charge is 2.41. The first-order valence-electron chi connectivity index (χ1n) is 12.8. The van der Waals surface area contributed by atoms with Gasteiger partial charge in [-0.3, -0.25) is 0 Å². The molecular formula is C29H23ClF6N4O2. The van der Waals surface area contributed by atoms with Gasteiger partial charge in [0.1, 0.15) is 5.56 Å². The van der Waals surface area contributed by atoms with Gasteiger partial charge in [0, 0.05) is 36.1 Å². The summed E-state index contributed by atoms with van der Waals surface area (Å²) in [6.45, 7) is 2.96. The second-order valence-electron chi connectivity index (χ2n) is 10.1. The zero-order valence-electron chi connectivity index (χ0n) is 22.0. The van der Waals surface area contributed by atoms with Crippen LogP contribution in [0.3, 0.4) is 0 Å². The summed E-state index contributed by atoms with van der Waals surface area (Å²) in [5.41, 5.74) is 1.82. The number of alkyl halides is 6. The van der Waals surface area contributed by atoms with Gasteiger partial charge in [0.05, 0.1) is 18.3 Å². The summed E-state index contributed by atoms with van der Waals surface area (Å²) in [5, 5.41) is 13.3. The molecule has 4 aromatic rings. The Morgan fingerprint density at radius 1 is 1.02 bits per heavy atom. The number of hydrogen-bond donors (Lipinski definition) is 1. The van der Waals surface area contributed by atoms with Crippen LogP contribution >= 0.6 is 11.6 Å². The normalized spacial score (nSPS) is 14.7. The van der Waals surface area contributed by atoms with Crippen LogP contribution in [0, 0.1) is 6.92 Å². The third kappa shape index (κ3) is 6.14. The van der Waals surface area contributed by atoms with E-state index in [2.05, 4.69) is 10.1 Å². The molecule has 2 aromatic heterocycles. The van der Waals surface area contributed by atoms with E-state index in [1.54, 1.807) is 29.2 Å². The van der Waals surface area contributed by atoms with Gasteiger partial charge in [-0.25, -0.2) is 14.5 Å². The van der Waals surface area contributed by atoms with Crippen molar-refractivity contribution in [2.75, 3.05) is 19.6 Å². The molecule has 1 N–H and O–H groups in total. The number of aromatic carboxylic acids is 1. The molecule has 13 heteroatoms. The predicted octanol–water partition coefficient (Wildman–Crippen LogP) is 7.63. The fraction of sp³-hybridized carbons (Fsp3) is 0.276. The molecule has 5 rings (SSSR count). The van der Waals surface area contributed by atoms with E-state index in [4.69, 9.17) is 11.6 Å². The molecular weight excluding hydrogens is 586 g/mol. The molecule has 0 spiro atoms. The molecule has 0 amide bonds. The first-order chi connectivity index (χ1) is 19.7. The number of benzene rings is 2. The van der Waals surface area contributed by atoms with Crippen molar-refractivity contribution in [3.05, 3.63) is 88.2 Å². The number of nitrogens with zero attached hydrogens (tertiary/aromatic N) is 4. The molecule has 6 nitrogen and oxygen atoms in total. The van der Waals surface area contributed by atoms with Gasteiger partial charge in [0.25, 0.3) is 0 Å². The van der Waals surface area contributed by atoms with Crippen molar-refractivity contribution in [2.45, 2.75) is 31.6 Å². The number of carboxylic acid groups (broad SMARTS) is 1. The van der Waals surface area contributed by atoms with Crippen LogP contribution in [0.25, 0.3) is 28.2 Å². The molecule has 0 saturated carbocycles. The molecule has 0 bridgehead atoms. The number of hydrogen-bond acceptors (Lipinski definition) is 4. The summed E-state index contributed by atoms with van der Waals surface area (Å²) in [4.78, 5) is 17.6. The number of aromatic nitrogens is 3. The molecule has 2 aromatic carbocycles. The second-order valence-corrected chi connectivity index (χ2v) is 10.5. The Balaban J connectivity index is 1.46. The van der Waals surface area contributed by atoms with Crippen molar-refractivity contribution in [3.63, 3.8) is 0 Å². The Bertz CT molecular complexity index is 1640. The molecule has 3 heterocycles. The summed E-state index contributed by atoms with van der Waals surface area (Å²) in [6, 6.07) is 15.2. The Kier molecular flexibility index (Phi) is 7.80. The number of pyridine rings is 1. The molecule has 0 unspecified atom stereocenters. The lowest BCUT2D eigenvalue weighted by Gasteiger charge is -2.40. The van der Waals surface area contributed by atoms with Crippen molar-refractivity contribution in [1.82, 2.24) is 19.7 Å². The molecule has 0 atom stereocenters. The van der Waals surface area contributed by atoms with Gasteiger partial charge < -0.3 is 10.0 Å². The topological polar surface area (TPSA) is 71.2 Å². The Morgan fingerprint density at radius 3 is 2.40 bits per heavy atom. The second kappa shape index (κ2) is 11.1. The van der Waals surface area contributed by atoms with Gasteiger partial charge in [-0.05, 0) is 53.4 Å². The Hall–Kier alpha value is -3.90. The minimum absolute atomic E-state index is 0.0298. The van der Waals surface area contributed by atoms with Crippen molar-refractivity contribution >= 4 is 17.6 Å². The summed E-state index contributed by atoms with van der Waals surface area (Å²) in [7, 11) is 0. The van der Waals surface area contributed by atoms with Crippen molar-refractivity contribution < 1.29 is 36.2 Å². The highest BCUT2D eigenvalue weighted by atomic mass is 35.5. The fourth-order valence-corrected chi connectivity index (χ4v) is 5.33. The lowest BCUT2D eigenvalue weighted by Crippen LogP contribution is -2.46. The van der Waals surface area contributed by atoms with Crippen LogP contribution in [0.1, 0.15) is 39.5 Å². The van der Waals surface area contributed by atoms with Crippen LogP contribution in [0.5, 0.6) is 0 Å². The maximum atomic E-state index is 13.8. The number of halogens is 7. The largest absolute Gasteiger partial charge is 0.478 e. The van der Waals surface area contributed by atoms with E-state index < -0.39 is 36.0 Å². The zero-order valence-corrected chi connectivity index (χ0v) is 22.7. The fourth-order valence-electron chi connectivity index (χ4n) is 5.16. The number of aryl methyl sites for hydroxylation is 1. The third-order valence-electron chi connectivity index (χ3n) is 7.17. The first-order valence-corrected chi connectivity index (χ1v) is 13.1. The van der Waals surface area contributed by atoms with Crippen LogP contribution < -0.4 is 0 Å². The number of likely N-dealkylation sites (tertiary alicyclic amines) is 1. The minimum atomic E-state index is -5.00. The SMILES string of the molecule is Cc1cc(-c2ccc(Cl)cc2-c2cccc(-n3ncc(C(=O)O)c3C(F)(F)F)n2)ccc1C1CN(CCC(F)(F)F)C1. The maximum absolute atomic E-state index is 13.8. The zero-order chi connectivity index (χ0) is 30.4. The highest BCUT2D eigenvalue weighted by Crippen LogP contribution is 2.38. The number of carboxylic acids is 1. The lowest BCUT2D eigenvalue weighted by molar-refractivity contribution is -0.143. The van der Waals surface area contributed by atoms with E-state index in [0.29, 0.717) is 40.1 Å². The molecule has 1 saturated heterocycles. The van der Waals surface area contributed by atoms with Gasteiger partial charge in [-0.15, -0.1) is 0 Å². The highest BCUT2D eigenvalue weighted by molar-refractivity contribution is 6.31. The van der Waals surface area contributed by atoms with Crippen LogP contribution in [-0.4, -0.2) is 56.6 Å². The Labute approximate surface area is 241 Å².